The molecule has 0 N–H and O–H groups in total. The van der Waals surface area contributed by atoms with Crippen LogP contribution in [0.15, 0.2) is 0 Å². The van der Waals surface area contributed by atoms with Crippen LogP contribution in [0, 0.1) is 17.8 Å². The van der Waals surface area contributed by atoms with E-state index in [1.165, 1.54) is 14.3 Å². The first kappa shape index (κ1) is 17.4. The molecule has 0 nitrogen and oxygen atoms in total. The zero-order valence-electron chi connectivity index (χ0n) is 15.5. The summed E-state index contributed by atoms with van der Waals surface area (Å²) >= 11 is -0.560. The third kappa shape index (κ3) is 4.33. The highest BCUT2D eigenvalue weighted by Crippen LogP contribution is 2.51. The molecule has 3 fully saturated rings. The topological polar surface area (TPSA) is 0 Å². The minimum Gasteiger partial charge on any atom is -0.0816 e. The maximum absolute atomic E-state index is 2.50. The lowest BCUT2D eigenvalue weighted by Gasteiger charge is -2.42. The molecule has 0 amide bonds. The van der Waals surface area contributed by atoms with Crippen molar-refractivity contribution in [2.45, 2.75) is 112 Å². The Hall–Kier alpha value is 0.532. The molecule has 0 radical (unpaired) electrons. The van der Waals surface area contributed by atoms with Gasteiger partial charge in [-0.15, -0.1) is 0 Å². The molecule has 0 aromatic heterocycles. The van der Waals surface area contributed by atoms with E-state index in [0.29, 0.717) is 0 Å². The maximum Gasteiger partial charge on any atom is 0.272 e. The molecule has 3 aliphatic carbocycles. The molecule has 126 valence electrons. The Balaban J connectivity index is 1.67. The van der Waals surface area contributed by atoms with Crippen molar-refractivity contribution in [3.05, 3.63) is 0 Å². The fraction of sp³-hybridized carbons (Fsp3) is 1.00. The second kappa shape index (κ2) is 8.07. The summed E-state index contributed by atoms with van der Waals surface area (Å²) in [6, 6.07) is 0. The van der Waals surface area contributed by atoms with Gasteiger partial charge in [-0.3, -0.25) is 0 Å². The van der Waals surface area contributed by atoms with Gasteiger partial charge in [0, 0.05) is 0 Å². The molecule has 0 aromatic rings. The van der Waals surface area contributed by atoms with Crippen LogP contribution >= 0.6 is 0 Å². The third-order valence-corrected chi connectivity index (χ3v) is 13.1. The van der Waals surface area contributed by atoms with Crippen LogP contribution in [0.3, 0.4) is 0 Å². The van der Waals surface area contributed by atoms with E-state index in [1.807, 2.05) is 0 Å². The highest BCUT2D eigenvalue weighted by atomic mass is 27.2. The van der Waals surface area contributed by atoms with Crippen molar-refractivity contribution in [1.29, 1.82) is 0 Å². The Labute approximate surface area is 144 Å². The summed E-state index contributed by atoms with van der Waals surface area (Å²) in [6.45, 7) is 7.49. The van der Waals surface area contributed by atoms with E-state index >= 15 is 0 Å². The van der Waals surface area contributed by atoms with E-state index in [9.17, 15) is 0 Å². The van der Waals surface area contributed by atoms with Gasteiger partial charge in [-0.2, -0.15) is 0 Å². The van der Waals surface area contributed by atoms with Gasteiger partial charge in [0.25, 0.3) is 14.1 Å². The first-order valence-electron chi connectivity index (χ1n) is 10.6. The van der Waals surface area contributed by atoms with E-state index in [4.69, 9.17) is 0 Å². The Bertz CT molecular complexity index is 262. The molecule has 22 heavy (non-hydrogen) atoms. The van der Waals surface area contributed by atoms with Gasteiger partial charge < -0.3 is 0 Å². The van der Waals surface area contributed by atoms with Crippen molar-refractivity contribution >= 4 is 14.1 Å². The molecule has 3 aliphatic rings. The van der Waals surface area contributed by atoms with E-state index in [-0.39, 0.29) is 0 Å². The molecular formula is C21H39Al. The summed E-state index contributed by atoms with van der Waals surface area (Å²) in [5.74, 6) is 3.09. The molecular weight excluding hydrogens is 279 g/mol. The molecule has 3 saturated carbocycles. The van der Waals surface area contributed by atoms with Crippen LogP contribution in [0.2, 0.25) is 14.3 Å². The fourth-order valence-corrected chi connectivity index (χ4v) is 11.9. The second-order valence-electron chi connectivity index (χ2n) is 9.64. The Morgan fingerprint density at radius 2 is 0.636 bits per heavy atom. The zero-order chi connectivity index (χ0) is 15.5. The van der Waals surface area contributed by atoms with Gasteiger partial charge in [0.15, 0.2) is 0 Å². The summed E-state index contributed by atoms with van der Waals surface area (Å²) in [6.07, 6.45) is 19.1. The van der Waals surface area contributed by atoms with Crippen LogP contribution < -0.4 is 0 Å². The molecule has 0 bridgehead atoms. The molecule has 3 rings (SSSR count). The second-order valence-corrected chi connectivity index (χ2v) is 13.6. The molecule has 0 aliphatic heterocycles. The van der Waals surface area contributed by atoms with E-state index < -0.39 is 14.1 Å². The highest BCUT2D eigenvalue weighted by Gasteiger charge is 2.43. The largest absolute Gasteiger partial charge is 0.272 e. The van der Waals surface area contributed by atoms with Crippen molar-refractivity contribution in [3.63, 3.8) is 0 Å². The first-order chi connectivity index (χ1) is 10.6. The SMILES string of the molecule is CC1CC[CH]([Al]([CH]2CCC(C)CC2)[CH]2CCC(C)CC2)CC1. The standard InChI is InChI=1S/3C7H13.Al/c3*1-7-5-3-2-4-6-7;/h3*2,7H,3-6H2,1H3;. The predicted octanol–water partition coefficient (Wildman–Crippen LogP) is 7.22. The molecule has 1 heteroatoms. The van der Waals surface area contributed by atoms with Gasteiger partial charge in [0.05, 0.1) is 0 Å². The van der Waals surface area contributed by atoms with Crippen LogP contribution in [0.25, 0.3) is 0 Å². The average Bonchev–Trinajstić information content (AvgIpc) is 2.53. The summed E-state index contributed by atoms with van der Waals surface area (Å²) in [5.41, 5.74) is 0. The monoisotopic (exact) mass is 318 g/mol. The van der Waals surface area contributed by atoms with Crippen LogP contribution in [0.4, 0.5) is 0 Å². The van der Waals surface area contributed by atoms with Gasteiger partial charge in [-0.1, -0.05) is 112 Å². The van der Waals surface area contributed by atoms with Crippen molar-refractivity contribution in [2.24, 2.45) is 17.8 Å². The number of hydrogen-bond acceptors (Lipinski definition) is 0. The predicted molar refractivity (Wildman–Crippen MR) is 99.9 cm³/mol. The van der Waals surface area contributed by atoms with Gasteiger partial charge >= 0.3 is 0 Å². The van der Waals surface area contributed by atoms with Crippen LogP contribution in [0.1, 0.15) is 97.8 Å². The summed E-state index contributed by atoms with van der Waals surface area (Å²) in [7, 11) is 0. The van der Waals surface area contributed by atoms with Crippen molar-refractivity contribution in [3.8, 4) is 0 Å². The quantitative estimate of drug-likeness (QED) is 0.482. The minimum atomic E-state index is -0.560. The van der Waals surface area contributed by atoms with Crippen LogP contribution in [-0.4, -0.2) is 14.1 Å². The van der Waals surface area contributed by atoms with Crippen LogP contribution in [-0.2, 0) is 0 Å². The smallest absolute Gasteiger partial charge is 0.0816 e. The number of rotatable bonds is 3. The molecule has 0 saturated heterocycles. The van der Waals surface area contributed by atoms with Gasteiger partial charge in [-0.05, 0) is 17.8 Å². The average molecular weight is 319 g/mol. The first-order valence-corrected chi connectivity index (χ1v) is 12.6. The fourth-order valence-electron chi connectivity index (χ4n) is 6.17. The summed E-state index contributed by atoms with van der Waals surface area (Å²) in [5, 5.41) is 0. The lowest BCUT2D eigenvalue weighted by Crippen LogP contribution is -2.37. The Morgan fingerprint density at radius 3 is 0.864 bits per heavy atom. The zero-order valence-corrected chi connectivity index (χ0v) is 16.7. The van der Waals surface area contributed by atoms with Gasteiger partial charge in [0.2, 0.25) is 0 Å². The third-order valence-electron chi connectivity index (χ3n) is 7.81. The lowest BCUT2D eigenvalue weighted by atomic mass is 9.89. The van der Waals surface area contributed by atoms with Crippen LogP contribution in [0.5, 0.6) is 0 Å². The van der Waals surface area contributed by atoms with Crippen molar-refractivity contribution in [1.82, 2.24) is 0 Å². The molecule has 0 atom stereocenters. The van der Waals surface area contributed by atoms with E-state index in [1.54, 1.807) is 77.0 Å². The Kier molecular flexibility index (Phi) is 6.37. The Morgan fingerprint density at radius 1 is 0.409 bits per heavy atom. The minimum absolute atomic E-state index is 0.560. The lowest BCUT2D eigenvalue weighted by molar-refractivity contribution is 0.337. The highest BCUT2D eigenvalue weighted by molar-refractivity contribution is 6.63. The van der Waals surface area contributed by atoms with E-state index in [0.717, 1.165) is 17.8 Å². The normalized spacial score (nSPS) is 43.8. The molecule has 0 aromatic carbocycles. The van der Waals surface area contributed by atoms with Gasteiger partial charge in [-0.25, -0.2) is 0 Å². The molecule has 0 heterocycles. The molecule has 0 unspecified atom stereocenters. The van der Waals surface area contributed by atoms with Crippen molar-refractivity contribution < 1.29 is 0 Å². The maximum atomic E-state index is 2.50. The molecule has 0 spiro atoms. The summed E-state index contributed by atoms with van der Waals surface area (Å²) < 4.78 is 3.69. The number of hydrogen-bond donors (Lipinski definition) is 0. The summed E-state index contributed by atoms with van der Waals surface area (Å²) in [4.78, 5) is 0. The van der Waals surface area contributed by atoms with E-state index in [2.05, 4.69) is 20.8 Å². The van der Waals surface area contributed by atoms with Gasteiger partial charge in [0.1, 0.15) is 0 Å². The van der Waals surface area contributed by atoms with Crippen molar-refractivity contribution in [2.75, 3.05) is 0 Å².